The van der Waals surface area contributed by atoms with Crippen LogP contribution in [0, 0.1) is 0 Å². The Labute approximate surface area is 126 Å². The van der Waals surface area contributed by atoms with E-state index in [4.69, 9.17) is 16.7 Å². The zero-order chi connectivity index (χ0) is 14.5. The molecule has 0 aliphatic rings. The molecule has 3 nitrogen and oxygen atoms in total. The number of rotatable bonds is 5. The van der Waals surface area contributed by atoms with E-state index in [1.165, 1.54) is 6.08 Å². The van der Waals surface area contributed by atoms with Crippen molar-refractivity contribution in [1.82, 2.24) is 5.32 Å². The number of thiophene rings is 1. The highest BCUT2D eigenvalue weighted by atomic mass is 35.5. The summed E-state index contributed by atoms with van der Waals surface area (Å²) in [6, 6.07) is 7.66. The van der Waals surface area contributed by atoms with E-state index >= 15 is 0 Å². The molecule has 2 aromatic rings. The zero-order valence-corrected chi connectivity index (χ0v) is 12.7. The summed E-state index contributed by atoms with van der Waals surface area (Å²) in [7, 11) is 0. The van der Waals surface area contributed by atoms with Crippen LogP contribution < -0.4 is 5.32 Å². The Balaban J connectivity index is 2.13. The first-order valence-electron chi connectivity index (χ1n) is 6.42. The van der Waals surface area contributed by atoms with E-state index in [9.17, 15) is 4.79 Å². The molecule has 5 heteroatoms. The van der Waals surface area contributed by atoms with Gasteiger partial charge in [-0.3, -0.25) is 4.79 Å². The maximum absolute atomic E-state index is 11.7. The van der Waals surface area contributed by atoms with E-state index in [2.05, 4.69) is 5.32 Å². The normalized spacial score (nSPS) is 12.9. The Hall–Kier alpha value is -1.36. The molecule has 0 aliphatic heterocycles. The van der Waals surface area contributed by atoms with E-state index in [1.54, 1.807) is 17.4 Å². The van der Waals surface area contributed by atoms with Crippen molar-refractivity contribution in [3.05, 3.63) is 40.2 Å². The molecule has 0 saturated heterocycles. The van der Waals surface area contributed by atoms with Gasteiger partial charge < -0.3 is 10.4 Å². The molecule has 2 rings (SSSR count). The van der Waals surface area contributed by atoms with Gasteiger partial charge in [0.1, 0.15) is 0 Å². The summed E-state index contributed by atoms with van der Waals surface area (Å²) in [5.41, 5.74) is 0. The summed E-state index contributed by atoms with van der Waals surface area (Å²) < 4.78 is 1.10. The summed E-state index contributed by atoms with van der Waals surface area (Å²) in [6.45, 7) is 1.85. The highest BCUT2D eigenvalue weighted by molar-refractivity contribution is 7.20. The van der Waals surface area contributed by atoms with Crippen molar-refractivity contribution < 1.29 is 9.90 Å². The number of aliphatic hydroxyl groups excluding tert-OH is 1. The van der Waals surface area contributed by atoms with Gasteiger partial charge in [-0.05, 0) is 18.6 Å². The van der Waals surface area contributed by atoms with Crippen molar-refractivity contribution in [3.8, 4) is 0 Å². The van der Waals surface area contributed by atoms with E-state index in [0.29, 0.717) is 11.4 Å². The van der Waals surface area contributed by atoms with Crippen LogP contribution in [0.15, 0.2) is 30.3 Å². The molecule has 1 atom stereocenters. The number of nitrogens with one attached hydrogen (secondary N) is 1. The van der Waals surface area contributed by atoms with Crippen molar-refractivity contribution in [3.63, 3.8) is 0 Å². The Bertz CT molecular complexity index is 632. The number of carbonyl (C=O) groups excluding carboxylic acids is 1. The van der Waals surface area contributed by atoms with Crippen LogP contribution >= 0.6 is 22.9 Å². The second-order valence-corrected chi connectivity index (χ2v) is 5.87. The number of halogens is 1. The second kappa shape index (κ2) is 6.88. The van der Waals surface area contributed by atoms with Gasteiger partial charge in [0, 0.05) is 21.0 Å². The van der Waals surface area contributed by atoms with Gasteiger partial charge in [-0.25, -0.2) is 0 Å². The minimum Gasteiger partial charge on any atom is -0.394 e. The molecular weight excluding hydrogens is 294 g/mol. The maximum atomic E-state index is 11.7. The van der Waals surface area contributed by atoms with Gasteiger partial charge in [-0.2, -0.15) is 0 Å². The predicted octanol–water partition coefficient (Wildman–Crippen LogP) is 3.46. The molecule has 0 bridgehead atoms. The van der Waals surface area contributed by atoms with E-state index < -0.39 is 0 Å². The van der Waals surface area contributed by atoms with Crippen LogP contribution in [0.25, 0.3) is 16.2 Å². The van der Waals surface area contributed by atoms with Gasteiger partial charge in [0.15, 0.2) is 0 Å². The van der Waals surface area contributed by atoms with Crippen LogP contribution in [0.1, 0.15) is 18.2 Å². The van der Waals surface area contributed by atoms with Crippen LogP contribution in [0.2, 0.25) is 5.02 Å². The van der Waals surface area contributed by atoms with Gasteiger partial charge in [-0.15, -0.1) is 11.3 Å². The lowest BCUT2D eigenvalue weighted by Crippen LogP contribution is -2.35. The number of hydrogen-bond donors (Lipinski definition) is 2. The third kappa shape index (κ3) is 3.39. The molecule has 0 aliphatic carbocycles. The Morgan fingerprint density at radius 1 is 1.50 bits per heavy atom. The lowest BCUT2D eigenvalue weighted by atomic mass is 10.2. The average molecular weight is 310 g/mol. The number of hydrogen-bond acceptors (Lipinski definition) is 3. The average Bonchev–Trinajstić information content (AvgIpc) is 2.79. The zero-order valence-electron chi connectivity index (χ0n) is 11.1. The number of fused-ring (bicyclic) bond motifs is 1. The number of benzene rings is 1. The van der Waals surface area contributed by atoms with Crippen LogP contribution in [0.3, 0.4) is 0 Å². The molecule has 0 radical (unpaired) electrons. The number of amides is 1. The molecule has 106 valence electrons. The van der Waals surface area contributed by atoms with Crippen molar-refractivity contribution in [1.29, 1.82) is 0 Å². The molecule has 1 heterocycles. The highest BCUT2D eigenvalue weighted by Gasteiger charge is 2.09. The topological polar surface area (TPSA) is 49.3 Å². The van der Waals surface area contributed by atoms with Crippen molar-refractivity contribution >= 4 is 45.0 Å². The van der Waals surface area contributed by atoms with Gasteiger partial charge in [-0.1, -0.05) is 36.7 Å². The fraction of sp³-hybridized carbons (Fsp3) is 0.267. The minimum atomic E-state index is -0.223. The Kier molecular flexibility index (Phi) is 5.17. The highest BCUT2D eigenvalue weighted by Crippen LogP contribution is 2.35. The lowest BCUT2D eigenvalue weighted by molar-refractivity contribution is -0.117. The van der Waals surface area contributed by atoms with E-state index in [0.717, 1.165) is 15.0 Å². The predicted molar refractivity (Wildman–Crippen MR) is 85.2 cm³/mol. The van der Waals surface area contributed by atoms with Crippen LogP contribution in [-0.4, -0.2) is 23.7 Å². The number of aliphatic hydroxyl groups is 1. The summed E-state index contributed by atoms with van der Waals surface area (Å²) in [6.07, 6.45) is 3.86. The lowest BCUT2D eigenvalue weighted by Gasteiger charge is -2.11. The maximum Gasteiger partial charge on any atom is 0.244 e. The Morgan fingerprint density at radius 2 is 2.25 bits per heavy atom. The van der Waals surface area contributed by atoms with Crippen molar-refractivity contribution in [2.75, 3.05) is 6.61 Å². The molecule has 1 unspecified atom stereocenters. The molecule has 1 aromatic carbocycles. The monoisotopic (exact) mass is 309 g/mol. The van der Waals surface area contributed by atoms with Gasteiger partial charge in [0.05, 0.1) is 17.7 Å². The second-order valence-electron chi connectivity index (χ2n) is 4.41. The molecule has 1 aromatic heterocycles. The van der Waals surface area contributed by atoms with Crippen molar-refractivity contribution in [2.24, 2.45) is 0 Å². The molecule has 0 spiro atoms. The summed E-state index contributed by atoms with van der Waals surface area (Å²) in [5.74, 6) is -0.223. The molecule has 1 amide bonds. The van der Waals surface area contributed by atoms with Gasteiger partial charge in [0.2, 0.25) is 5.91 Å². The first-order chi connectivity index (χ1) is 9.65. The smallest absolute Gasteiger partial charge is 0.244 e. The van der Waals surface area contributed by atoms with Crippen LogP contribution in [0.5, 0.6) is 0 Å². The molecule has 0 saturated carbocycles. The molecule has 20 heavy (non-hydrogen) atoms. The SMILES string of the molecule is CCC(CO)NC(=O)/C=C/c1sc2ccccc2c1Cl. The minimum absolute atomic E-state index is 0.0558. The first kappa shape index (κ1) is 15.0. The first-order valence-corrected chi connectivity index (χ1v) is 7.61. The molecule has 0 fully saturated rings. The third-order valence-electron chi connectivity index (χ3n) is 3.01. The quantitative estimate of drug-likeness (QED) is 0.831. The van der Waals surface area contributed by atoms with E-state index in [-0.39, 0.29) is 18.6 Å². The van der Waals surface area contributed by atoms with Crippen molar-refractivity contribution in [2.45, 2.75) is 19.4 Å². The largest absolute Gasteiger partial charge is 0.394 e. The summed E-state index contributed by atoms with van der Waals surface area (Å²) in [4.78, 5) is 12.6. The van der Waals surface area contributed by atoms with Gasteiger partial charge in [0.25, 0.3) is 0 Å². The third-order valence-corrected chi connectivity index (χ3v) is 4.66. The molecular formula is C15H16ClNO2S. The summed E-state index contributed by atoms with van der Waals surface area (Å²) >= 11 is 7.84. The standard InChI is InChI=1S/C15H16ClNO2S/c1-2-10(9-18)17-14(19)8-7-13-15(16)11-5-3-4-6-12(11)20-13/h3-8,10,18H,2,9H2,1H3,(H,17,19)/b8-7+. The fourth-order valence-corrected chi connectivity index (χ4v) is 3.22. The fourth-order valence-electron chi connectivity index (χ4n) is 1.82. The van der Waals surface area contributed by atoms with Crippen LogP contribution in [0.4, 0.5) is 0 Å². The van der Waals surface area contributed by atoms with Crippen LogP contribution in [-0.2, 0) is 4.79 Å². The molecule has 2 N–H and O–H groups in total. The number of carbonyl (C=O) groups is 1. The summed E-state index contributed by atoms with van der Waals surface area (Å²) in [5, 5.41) is 13.4. The van der Waals surface area contributed by atoms with Gasteiger partial charge >= 0.3 is 0 Å². The van der Waals surface area contributed by atoms with E-state index in [1.807, 2.05) is 31.2 Å². The Morgan fingerprint density at radius 3 is 2.90 bits per heavy atom.